The van der Waals surface area contributed by atoms with Gasteiger partial charge in [-0.2, -0.15) is 10.1 Å². The Kier molecular flexibility index (Phi) is 4.01. The highest BCUT2D eigenvalue weighted by Crippen LogP contribution is 2.39. The zero-order valence-electron chi connectivity index (χ0n) is 15.6. The maximum absolute atomic E-state index is 5.56. The first-order valence-electron chi connectivity index (χ1n) is 8.94. The molecule has 0 saturated heterocycles. The third-order valence-corrected chi connectivity index (χ3v) is 4.99. The van der Waals surface area contributed by atoms with Crippen LogP contribution in [0.25, 0.3) is 23.0 Å². The lowest BCUT2D eigenvalue weighted by Crippen LogP contribution is -2.24. The van der Waals surface area contributed by atoms with Gasteiger partial charge >= 0.3 is 0 Å². The van der Waals surface area contributed by atoms with E-state index in [4.69, 9.17) is 14.4 Å². The fraction of sp³-hybridized carbons (Fsp3) is 0.474. The third kappa shape index (κ3) is 2.87. The van der Waals surface area contributed by atoms with E-state index in [1.54, 1.807) is 19.4 Å². The molecule has 0 bridgehead atoms. The molecule has 0 saturated carbocycles. The summed E-state index contributed by atoms with van der Waals surface area (Å²) in [5, 5.41) is 8.90. The van der Waals surface area contributed by atoms with E-state index in [0.717, 1.165) is 37.1 Å². The van der Waals surface area contributed by atoms with Gasteiger partial charge in [0.1, 0.15) is 0 Å². The van der Waals surface area contributed by atoms with Crippen LogP contribution in [0, 0.1) is 5.41 Å². The molecule has 0 amide bonds. The molecule has 0 aliphatic heterocycles. The van der Waals surface area contributed by atoms with Crippen molar-refractivity contribution in [2.75, 3.05) is 7.11 Å². The highest BCUT2D eigenvalue weighted by atomic mass is 16.5. The molecule has 7 nitrogen and oxygen atoms in total. The quantitative estimate of drug-likeness (QED) is 0.714. The summed E-state index contributed by atoms with van der Waals surface area (Å²) in [5.41, 5.74) is 4.46. The molecule has 136 valence electrons. The van der Waals surface area contributed by atoms with Gasteiger partial charge in [0.15, 0.2) is 5.69 Å². The standard InChI is InChI=1S/C19H23N5O2/c1-5-24-14-11-19(2,3)8-6-13(14)16(22-24)18-21-17(23-26-18)12-7-9-20-15(10-12)25-4/h7,9-10H,5-6,8,11H2,1-4H3. The second kappa shape index (κ2) is 6.23. The van der Waals surface area contributed by atoms with Gasteiger partial charge in [-0.05, 0) is 37.7 Å². The molecule has 0 spiro atoms. The maximum Gasteiger partial charge on any atom is 0.279 e. The normalized spacial score (nSPS) is 15.7. The Balaban J connectivity index is 1.73. The van der Waals surface area contributed by atoms with Crippen molar-refractivity contribution in [2.45, 2.75) is 46.6 Å². The minimum Gasteiger partial charge on any atom is -0.481 e. The molecule has 0 radical (unpaired) electrons. The van der Waals surface area contributed by atoms with E-state index in [0.29, 0.717) is 23.0 Å². The number of rotatable bonds is 4. The Bertz CT molecular complexity index is 941. The number of aryl methyl sites for hydroxylation is 1. The highest BCUT2D eigenvalue weighted by molar-refractivity contribution is 5.61. The fourth-order valence-corrected chi connectivity index (χ4v) is 3.53. The Labute approximate surface area is 152 Å². The fourth-order valence-electron chi connectivity index (χ4n) is 3.53. The lowest BCUT2D eigenvalue weighted by Gasteiger charge is -2.30. The molecule has 4 rings (SSSR count). The van der Waals surface area contributed by atoms with Crippen molar-refractivity contribution in [2.24, 2.45) is 5.41 Å². The van der Waals surface area contributed by atoms with Crippen molar-refractivity contribution in [1.82, 2.24) is 24.9 Å². The van der Waals surface area contributed by atoms with Crippen LogP contribution in [0.2, 0.25) is 0 Å². The molecule has 3 aromatic rings. The molecule has 0 unspecified atom stereocenters. The van der Waals surface area contributed by atoms with E-state index in [1.165, 1.54) is 11.3 Å². The van der Waals surface area contributed by atoms with Crippen LogP contribution in [-0.4, -0.2) is 32.0 Å². The first kappa shape index (κ1) is 16.8. The molecule has 0 fully saturated rings. The van der Waals surface area contributed by atoms with E-state index in [1.807, 2.05) is 6.07 Å². The number of fused-ring (bicyclic) bond motifs is 1. The molecule has 1 aliphatic rings. The van der Waals surface area contributed by atoms with Crippen molar-refractivity contribution in [3.8, 4) is 28.9 Å². The average Bonchev–Trinajstić information content (AvgIpc) is 3.25. The summed E-state index contributed by atoms with van der Waals surface area (Å²) >= 11 is 0. The van der Waals surface area contributed by atoms with Crippen LogP contribution in [0.5, 0.6) is 5.88 Å². The Hall–Kier alpha value is -2.70. The molecule has 1 aliphatic carbocycles. The number of hydrogen-bond donors (Lipinski definition) is 0. The van der Waals surface area contributed by atoms with Crippen LogP contribution in [0.15, 0.2) is 22.9 Å². The average molecular weight is 353 g/mol. The predicted molar refractivity (Wildman–Crippen MR) is 96.8 cm³/mol. The van der Waals surface area contributed by atoms with Gasteiger partial charge in [-0.1, -0.05) is 19.0 Å². The number of methoxy groups -OCH3 is 1. The monoisotopic (exact) mass is 353 g/mol. The van der Waals surface area contributed by atoms with Crippen LogP contribution in [0.4, 0.5) is 0 Å². The molecule has 3 heterocycles. The molecular weight excluding hydrogens is 330 g/mol. The minimum atomic E-state index is 0.296. The van der Waals surface area contributed by atoms with Crippen molar-refractivity contribution >= 4 is 0 Å². The smallest absolute Gasteiger partial charge is 0.279 e. The van der Waals surface area contributed by atoms with Gasteiger partial charge in [-0.15, -0.1) is 0 Å². The van der Waals surface area contributed by atoms with Gasteiger partial charge in [-0.25, -0.2) is 4.98 Å². The molecule has 0 N–H and O–H groups in total. The molecule has 0 atom stereocenters. The lowest BCUT2D eigenvalue weighted by atomic mass is 9.76. The van der Waals surface area contributed by atoms with Crippen LogP contribution < -0.4 is 4.74 Å². The number of nitrogens with zero attached hydrogens (tertiary/aromatic N) is 5. The van der Waals surface area contributed by atoms with Crippen LogP contribution in [0.1, 0.15) is 38.4 Å². The second-order valence-corrected chi connectivity index (χ2v) is 7.44. The van der Waals surface area contributed by atoms with Crippen LogP contribution in [-0.2, 0) is 19.4 Å². The predicted octanol–water partition coefficient (Wildman–Crippen LogP) is 3.54. The zero-order valence-corrected chi connectivity index (χ0v) is 15.6. The largest absolute Gasteiger partial charge is 0.481 e. The van der Waals surface area contributed by atoms with Crippen LogP contribution >= 0.6 is 0 Å². The van der Waals surface area contributed by atoms with E-state index in [2.05, 4.69) is 40.6 Å². The van der Waals surface area contributed by atoms with Gasteiger partial charge in [-0.3, -0.25) is 4.68 Å². The first-order valence-corrected chi connectivity index (χ1v) is 8.94. The number of aromatic nitrogens is 5. The van der Waals surface area contributed by atoms with Crippen molar-refractivity contribution in [3.05, 3.63) is 29.6 Å². The summed E-state index contributed by atoms with van der Waals surface area (Å²) in [4.78, 5) is 8.69. The van der Waals surface area contributed by atoms with Gasteiger partial charge in [0.25, 0.3) is 5.89 Å². The summed E-state index contributed by atoms with van der Waals surface area (Å²) in [5.74, 6) is 1.50. The van der Waals surface area contributed by atoms with Gasteiger partial charge in [0, 0.05) is 35.6 Å². The van der Waals surface area contributed by atoms with Crippen molar-refractivity contribution in [1.29, 1.82) is 0 Å². The molecule has 26 heavy (non-hydrogen) atoms. The zero-order chi connectivity index (χ0) is 18.3. The molecular formula is C19H23N5O2. The Morgan fingerprint density at radius 2 is 2.19 bits per heavy atom. The molecule has 0 aromatic carbocycles. The number of pyridine rings is 1. The number of ether oxygens (including phenoxy) is 1. The van der Waals surface area contributed by atoms with E-state index in [9.17, 15) is 0 Å². The van der Waals surface area contributed by atoms with Crippen molar-refractivity contribution in [3.63, 3.8) is 0 Å². The van der Waals surface area contributed by atoms with Gasteiger partial charge in [0.2, 0.25) is 11.7 Å². The van der Waals surface area contributed by atoms with Gasteiger partial charge in [0.05, 0.1) is 7.11 Å². The second-order valence-electron chi connectivity index (χ2n) is 7.44. The summed E-state index contributed by atoms with van der Waals surface area (Å²) in [6, 6.07) is 3.62. The summed E-state index contributed by atoms with van der Waals surface area (Å²) in [7, 11) is 1.58. The highest BCUT2D eigenvalue weighted by Gasteiger charge is 2.32. The van der Waals surface area contributed by atoms with E-state index in [-0.39, 0.29) is 0 Å². The Morgan fingerprint density at radius 3 is 2.96 bits per heavy atom. The lowest BCUT2D eigenvalue weighted by molar-refractivity contribution is 0.304. The molecule has 7 heteroatoms. The van der Waals surface area contributed by atoms with Crippen LogP contribution in [0.3, 0.4) is 0 Å². The molecule has 3 aromatic heterocycles. The summed E-state index contributed by atoms with van der Waals surface area (Å²) in [6.45, 7) is 7.57. The maximum atomic E-state index is 5.56. The number of hydrogen-bond acceptors (Lipinski definition) is 6. The topological polar surface area (TPSA) is 78.9 Å². The third-order valence-electron chi connectivity index (χ3n) is 4.99. The Morgan fingerprint density at radius 1 is 1.35 bits per heavy atom. The SMILES string of the molecule is CCn1nc(-c2nc(-c3ccnc(OC)c3)no2)c2c1CC(C)(C)CC2. The van der Waals surface area contributed by atoms with E-state index < -0.39 is 0 Å². The van der Waals surface area contributed by atoms with Crippen molar-refractivity contribution < 1.29 is 9.26 Å². The van der Waals surface area contributed by atoms with E-state index >= 15 is 0 Å². The summed E-state index contributed by atoms with van der Waals surface area (Å²) in [6.07, 6.45) is 4.80. The first-order chi connectivity index (χ1) is 12.5. The minimum absolute atomic E-state index is 0.296. The summed E-state index contributed by atoms with van der Waals surface area (Å²) < 4.78 is 12.8. The van der Waals surface area contributed by atoms with Gasteiger partial charge < -0.3 is 9.26 Å².